The minimum Gasteiger partial charge on any atom is -0.383 e. The third-order valence-corrected chi connectivity index (χ3v) is 3.55. The zero-order valence-electron chi connectivity index (χ0n) is 12.6. The van der Waals surface area contributed by atoms with Crippen LogP contribution in [0.15, 0.2) is 0 Å². The van der Waals surface area contributed by atoms with Crippen molar-refractivity contribution in [1.29, 1.82) is 0 Å². The molecule has 2 N–H and O–H groups in total. The number of likely N-dealkylation sites (tertiary alicyclic amines) is 1. The van der Waals surface area contributed by atoms with Crippen LogP contribution >= 0.6 is 0 Å². The van der Waals surface area contributed by atoms with Crippen molar-refractivity contribution in [2.24, 2.45) is 0 Å². The van der Waals surface area contributed by atoms with Crippen molar-refractivity contribution in [2.75, 3.05) is 39.9 Å². The molecule has 2 atom stereocenters. The molecule has 1 aliphatic heterocycles. The molecule has 0 aromatic rings. The molecule has 1 aliphatic rings. The Morgan fingerprint density at radius 1 is 1.47 bits per heavy atom. The van der Waals surface area contributed by atoms with E-state index < -0.39 is 0 Å². The van der Waals surface area contributed by atoms with Crippen LogP contribution in [0.25, 0.3) is 0 Å². The Balaban J connectivity index is 2.36. The highest BCUT2D eigenvalue weighted by Crippen LogP contribution is 2.15. The van der Waals surface area contributed by atoms with E-state index in [1.807, 2.05) is 6.92 Å². The van der Waals surface area contributed by atoms with Gasteiger partial charge in [-0.2, -0.15) is 0 Å². The van der Waals surface area contributed by atoms with Crippen molar-refractivity contribution < 1.29 is 9.53 Å². The summed E-state index contributed by atoms with van der Waals surface area (Å²) in [6, 6.07) is 0.576. The normalized spacial score (nSPS) is 22.2. The quantitative estimate of drug-likeness (QED) is 0.679. The number of hydrogen-bond acceptors (Lipinski definition) is 4. The number of ether oxygens (including phenoxy) is 1. The molecule has 0 saturated carbocycles. The largest absolute Gasteiger partial charge is 0.383 e. The Labute approximate surface area is 117 Å². The first-order chi connectivity index (χ1) is 9.17. The van der Waals surface area contributed by atoms with E-state index >= 15 is 0 Å². The Morgan fingerprint density at radius 3 is 2.95 bits per heavy atom. The van der Waals surface area contributed by atoms with Gasteiger partial charge in [0.2, 0.25) is 5.91 Å². The molecule has 0 radical (unpaired) electrons. The van der Waals surface area contributed by atoms with Gasteiger partial charge in [0.05, 0.1) is 13.2 Å². The average molecular weight is 271 g/mol. The fourth-order valence-electron chi connectivity index (χ4n) is 2.61. The molecule has 1 saturated heterocycles. The second kappa shape index (κ2) is 9.28. The molecule has 0 bridgehead atoms. The number of amides is 1. The highest BCUT2D eigenvalue weighted by Gasteiger charge is 2.24. The van der Waals surface area contributed by atoms with E-state index in [4.69, 9.17) is 4.74 Å². The minimum absolute atomic E-state index is 0.0782. The number of piperidine rings is 1. The molecule has 0 aliphatic carbocycles. The summed E-state index contributed by atoms with van der Waals surface area (Å²) in [5.41, 5.74) is 0. The van der Waals surface area contributed by atoms with Gasteiger partial charge in [0.1, 0.15) is 0 Å². The van der Waals surface area contributed by atoms with Gasteiger partial charge in [0, 0.05) is 25.7 Å². The maximum Gasteiger partial charge on any atom is 0.234 e. The highest BCUT2D eigenvalue weighted by molar-refractivity contribution is 5.78. The van der Waals surface area contributed by atoms with Crippen molar-refractivity contribution in [3.05, 3.63) is 0 Å². The Bertz CT molecular complexity index is 261. The second-order valence-corrected chi connectivity index (χ2v) is 5.35. The monoisotopic (exact) mass is 271 g/mol. The molecule has 5 nitrogen and oxygen atoms in total. The van der Waals surface area contributed by atoms with Crippen LogP contribution in [0.4, 0.5) is 0 Å². The Kier molecular flexibility index (Phi) is 8.02. The van der Waals surface area contributed by atoms with Crippen LogP contribution in [-0.4, -0.2) is 62.8 Å². The molecule has 0 aromatic carbocycles. The molecule has 1 heterocycles. The summed E-state index contributed by atoms with van der Waals surface area (Å²) >= 11 is 0. The maximum atomic E-state index is 12.0. The van der Waals surface area contributed by atoms with Crippen LogP contribution in [0.1, 0.15) is 33.1 Å². The van der Waals surface area contributed by atoms with Crippen LogP contribution in [0.3, 0.4) is 0 Å². The number of methoxy groups -OCH3 is 1. The fourth-order valence-corrected chi connectivity index (χ4v) is 2.61. The Hall–Kier alpha value is -0.650. The van der Waals surface area contributed by atoms with Crippen molar-refractivity contribution in [3.63, 3.8) is 0 Å². The molecule has 112 valence electrons. The molecule has 5 heteroatoms. The first-order valence-electron chi connectivity index (χ1n) is 7.40. The summed E-state index contributed by atoms with van der Waals surface area (Å²) in [4.78, 5) is 14.3. The van der Waals surface area contributed by atoms with Gasteiger partial charge < -0.3 is 15.4 Å². The Morgan fingerprint density at radius 2 is 2.26 bits per heavy atom. The maximum absolute atomic E-state index is 12.0. The van der Waals surface area contributed by atoms with E-state index in [0.717, 1.165) is 19.6 Å². The third-order valence-electron chi connectivity index (χ3n) is 3.55. The standard InChI is InChI=1S/C14H29N3O2/c1-4-15-9-13-7-5-6-8-17(13)10-14(18)16-12(2)11-19-3/h12-13,15H,4-11H2,1-3H3,(H,16,18). The van der Waals surface area contributed by atoms with Crippen LogP contribution in [0, 0.1) is 0 Å². The smallest absolute Gasteiger partial charge is 0.234 e. The number of nitrogens with one attached hydrogen (secondary N) is 2. The van der Waals surface area contributed by atoms with Crippen molar-refractivity contribution >= 4 is 5.91 Å². The number of likely N-dealkylation sites (N-methyl/N-ethyl adjacent to an activating group) is 1. The zero-order chi connectivity index (χ0) is 14.1. The van der Waals surface area contributed by atoms with E-state index in [2.05, 4.69) is 22.5 Å². The molecule has 0 spiro atoms. The minimum atomic E-state index is 0.0782. The van der Waals surface area contributed by atoms with Gasteiger partial charge in [-0.1, -0.05) is 13.3 Å². The van der Waals surface area contributed by atoms with Gasteiger partial charge >= 0.3 is 0 Å². The molecule has 0 aromatic heterocycles. The van der Waals surface area contributed by atoms with E-state index in [1.54, 1.807) is 7.11 Å². The fraction of sp³-hybridized carbons (Fsp3) is 0.929. The van der Waals surface area contributed by atoms with E-state index in [-0.39, 0.29) is 11.9 Å². The SMILES string of the molecule is CCNCC1CCCCN1CC(=O)NC(C)COC. The third kappa shape index (κ3) is 6.36. The number of nitrogens with zero attached hydrogens (tertiary/aromatic N) is 1. The summed E-state index contributed by atoms with van der Waals surface area (Å²) in [5, 5.41) is 6.37. The number of carbonyl (C=O) groups is 1. The summed E-state index contributed by atoms with van der Waals surface area (Å²) in [6.45, 7) is 8.15. The van der Waals surface area contributed by atoms with E-state index in [9.17, 15) is 4.79 Å². The van der Waals surface area contributed by atoms with Crippen molar-refractivity contribution in [1.82, 2.24) is 15.5 Å². The first-order valence-corrected chi connectivity index (χ1v) is 7.40. The van der Waals surface area contributed by atoms with Gasteiger partial charge in [-0.15, -0.1) is 0 Å². The summed E-state index contributed by atoms with van der Waals surface area (Å²) in [5.74, 6) is 0.105. The van der Waals surface area contributed by atoms with E-state index in [1.165, 1.54) is 19.3 Å². The molecular weight excluding hydrogens is 242 g/mol. The summed E-state index contributed by atoms with van der Waals surface area (Å²) in [7, 11) is 1.65. The molecule has 1 rings (SSSR count). The molecule has 1 fully saturated rings. The van der Waals surface area contributed by atoms with Gasteiger partial charge in [-0.3, -0.25) is 9.69 Å². The van der Waals surface area contributed by atoms with Gasteiger partial charge in [0.25, 0.3) is 0 Å². The molecule has 2 unspecified atom stereocenters. The highest BCUT2D eigenvalue weighted by atomic mass is 16.5. The van der Waals surface area contributed by atoms with Crippen LogP contribution in [-0.2, 0) is 9.53 Å². The van der Waals surface area contributed by atoms with Crippen molar-refractivity contribution in [2.45, 2.75) is 45.2 Å². The zero-order valence-corrected chi connectivity index (χ0v) is 12.6. The summed E-state index contributed by atoms with van der Waals surface area (Å²) in [6.07, 6.45) is 3.66. The van der Waals surface area contributed by atoms with Gasteiger partial charge in [-0.05, 0) is 32.9 Å². The predicted molar refractivity (Wildman–Crippen MR) is 77.2 cm³/mol. The van der Waals surface area contributed by atoms with Gasteiger partial charge in [0.15, 0.2) is 0 Å². The van der Waals surface area contributed by atoms with Crippen LogP contribution in [0.2, 0.25) is 0 Å². The lowest BCUT2D eigenvalue weighted by atomic mass is 10.0. The number of hydrogen-bond donors (Lipinski definition) is 2. The second-order valence-electron chi connectivity index (χ2n) is 5.35. The number of rotatable bonds is 8. The first kappa shape index (κ1) is 16.4. The average Bonchev–Trinajstić information content (AvgIpc) is 2.37. The molecule has 19 heavy (non-hydrogen) atoms. The van der Waals surface area contributed by atoms with Gasteiger partial charge in [-0.25, -0.2) is 0 Å². The molecular formula is C14H29N3O2. The lowest BCUT2D eigenvalue weighted by Gasteiger charge is -2.35. The topological polar surface area (TPSA) is 53.6 Å². The van der Waals surface area contributed by atoms with Crippen molar-refractivity contribution in [3.8, 4) is 0 Å². The number of carbonyl (C=O) groups excluding carboxylic acids is 1. The van der Waals surface area contributed by atoms with E-state index in [0.29, 0.717) is 19.2 Å². The predicted octanol–water partition coefficient (Wildman–Crippen LogP) is 0.602. The molecule has 1 amide bonds. The lowest BCUT2D eigenvalue weighted by molar-refractivity contribution is -0.124. The van der Waals surface area contributed by atoms with Crippen LogP contribution in [0.5, 0.6) is 0 Å². The van der Waals surface area contributed by atoms with Crippen LogP contribution < -0.4 is 10.6 Å². The summed E-state index contributed by atoms with van der Waals surface area (Å²) < 4.78 is 5.03. The lowest BCUT2D eigenvalue weighted by Crippen LogP contribution is -2.50.